The fourth-order valence-electron chi connectivity index (χ4n) is 3.79. The molecule has 0 aliphatic carbocycles. The summed E-state index contributed by atoms with van der Waals surface area (Å²) in [5.74, 6) is 0.377. The van der Waals surface area contributed by atoms with Crippen LogP contribution in [-0.4, -0.2) is 28.9 Å². The molecule has 1 aliphatic heterocycles. The first-order chi connectivity index (χ1) is 13.6. The Bertz CT molecular complexity index is 944. The Morgan fingerprint density at radius 1 is 1.11 bits per heavy atom. The number of amides is 1. The molecule has 4 rings (SSSR count). The van der Waals surface area contributed by atoms with Crippen LogP contribution in [0.1, 0.15) is 50.3 Å². The van der Waals surface area contributed by atoms with E-state index in [0.29, 0.717) is 12.3 Å². The number of likely N-dealkylation sites (tertiary alicyclic amines) is 1. The number of nitrogens with zero attached hydrogens (tertiary/aromatic N) is 2. The SMILES string of the molecule is Cc1nc(Cc2ccc(F)cc2)sc1C(=O)N1CCC(c2ccccc2)CC1. The Kier molecular flexibility index (Phi) is 5.53. The monoisotopic (exact) mass is 394 g/mol. The molecule has 0 spiro atoms. The van der Waals surface area contributed by atoms with Crippen molar-refractivity contribution in [3.63, 3.8) is 0 Å². The number of halogens is 1. The Morgan fingerprint density at radius 2 is 1.79 bits per heavy atom. The minimum atomic E-state index is -0.242. The molecule has 0 radical (unpaired) electrons. The van der Waals surface area contributed by atoms with Crippen LogP contribution in [0.3, 0.4) is 0 Å². The number of aryl methyl sites for hydroxylation is 1. The summed E-state index contributed by atoms with van der Waals surface area (Å²) in [5.41, 5.74) is 3.15. The molecule has 2 aromatic carbocycles. The maximum Gasteiger partial charge on any atom is 0.265 e. The number of rotatable bonds is 4. The lowest BCUT2D eigenvalue weighted by Gasteiger charge is -2.32. The smallest absolute Gasteiger partial charge is 0.265 e. The molecule has 3 nitrogen and oxygen atoms in total. The van der Waals surface area contributed by atoms with E-state index in [0.717, 1.165) is 47.1 Å². The molecule has 1 saturated heterocycles. The molecular weight excluding hydrogens is 371 g/mol. The van der Waals surface area contributed by atoms with E-state index in [1.54, 1.807) is 12.1 Å². The van der Waals surface area contributed by atoms with Gasteiger partial charge in [0.05, 0.1) is 10.7 Å². The second-order valence-corrected chi connectivity index (χ2v) is 8.39. The first-order valence-corrected chi connectivity index (χ1v) is 10.5. The minimum Gasteiger partial charge on any atom is -0.338 e. The van der Waals surface area contributed by atoms with Gasteiger partial charge in [-0.3, -0.25) is 4.79 Å². The van der Waals surface area contributed by atoms with Gasteiger partial charge < -0.3 is 4.90 Å². The van der Waals surface area contributed by atoms with Crippen molar-refractivity contribution in [2.75, 3.05) is 13.1 Å². The maximum absolute atomic E-state index is 13.1. The highest BCUT2D eigenvalue weighted by atomic mass is 32.1. The van der Waals surface area contributed by atoms with Crippen LogP contribution in [0.15, 0.2) is 54.6 Å². The average molecular weight is 395 g/mol. The molecule has 0 bridgehead atoms. The average Bonchev–Trinajstić information content (AvgIpc) is 3.10. The molecular formula is C23H23FN2OS. The van der Waals surface area contributed by atoms with Crippen molar-refractivity contribution in [2.24, 2.45) is 0 Å². The Labute approximate surface area is 168 Å². The van der Waals surface area contributed by atoms with Crippen molar-refractivity contribution in [2.45, 2.75) is 32.1 Å². The molecule has 144 valence electrons. The summed E-state index contributed by atoms with van der Waals surface area (Å²) in [6, 6.07) is 17.0. The van der Waals surface area contributed by atoms with Gasteiger partial charge in [0, 0.05) is 19.5 Å². The van der Waals surface area contributed by atoms with Gasteiger partial charge in [-0.05, 0) is 48.9 Å². The van der Waals surface area contributed by atoms with Gasteiger partial charge in [-0.2, -0.15) is 0 Å². The zero-order valence-electron chi connectivity index (χ0n) is 15.9. The van der Waals surface area contributed by atoms with E-state index in [2.05, 4.69) is 29.2 Å². The Morgan fingerprint density at radius 3 is 2.46 bits per heavy atom. The van der Waals surface area contributed by atoms with E-state index in [9.17, 15) is 9.18 Å². The van der Waals surface area contributed by atoms with Crippen LogP contribution in [0.2, 0.25) is 0 Å². The van der Waals surface area contributed by atoms with Crippen LogP contribution in [-0.2, 0) is 6.42 Å². The Hall–Kier alpha value is -2.53. The summed E-state index contributed by atoms with van der Waals surface area (Å²) >= 11 is 1.46. The first kappa shape index (κ1) is 18.8. The van der Waals surface area contributed by atoms with Gasteiger partial charge in [0.15, 0.2) is 0 Å². The largest absolute Gasteiger partial charge is 0.338 e. The normalized spacial score (nSPS) is 15.0. The highest BCUT2D eigenvalue weighted by Gasteiger charge is 2.27. The number of thiazole rings is 1. The molecule has 1 aliphatic rings. The van der Waals surface area contributed by atoms with Crippen LogP contribution in [0.5, 0.6) is 0 Å². The number of aromatic nitrogens is 1. The lowest BCUT2D eigenvalue weighted by molar-refractivity contribution is 0.0717. The number of carbonyl (C=O) groups excluding carboxylic acids is 1. The predicted molar refractivity (Wildman–Crippen MR) is 110 cm³/mol. The molecule has 0 N–H and O–H groups in total. The van der Waals surface area contributed by atoms with E-state index in [4.69, 9.17) is 0 Å². The molecule has 1 fully saturated rings. The molecule has 28 heavy (non-hydrogen) atoms. The molecule has 0 unspecified atom stereocenters. The van der Waals surface area contributed by atoms with Crippen molar-refractivity contribution < 1.29 is 9.18 Å². The summed E-state index contributed by atoms with van der Waals surface area (Å²) in [7, 11) is 0. The van der Waals surface area contributed by atoms with Crippen molar-refractivity contribution in [3.05, 3.63) is 87.1 Å². The zero-order valence-corrected chi connectivity index (χ0v) is 16.7. The van der Waals surface area contributed by atoms with E-state index in [1.165, 1.54) is 29.0 Å². The summed E-state index contributed by atoms with van der Waals surface area (Å²) in [6.45, 7) is 3.46. The number of hydrogen-bond acceptors (Lipinski definition) is 3. The lowest BCUT2D eigenvalue weighted by Crippen LogP contribution is -2.37. The molecule has 1 amide bonds. The first-order valence-electron chi connectivity index (χ1n) is 9.65. The van der Waals surface area contributed by atoms with E-state index in [1.807, 2.05) is 17.9 Å². The van der Waals surface area contributed by atoms with Gasteiger partial charge in [0.25, 0.3) is 5.91 Å². The third-order valence-electron chi connectivity index (χ3n) is 5.36. The number of carbonyl (C=O) groups is 1. The minimum absolute atomic E-state index is 0.0897. The fraction of sp³-hybridized carbons (Fsp3) is 0.304. The second-order valence-electron chi connectivity index (χ2n) is 7.30. The molecule has 3 aromatic rings. The van der Waals surface area contributed by atoms with Gasteiger partial charge in [-0.1, -0.05) is 42.5 Å². The van der Waals surface area contributed by atoms with Crippen molar-refractivity contribution >= 4 is 17.2 Å². The van der Waals surface area contributed by atoms with Gasteiger partial charge in [0.2, 0.25) is 0 Å². The topological polar surface area (TPSA) is 33.2 Å². The van der Waals surface area contributed by atoms with Crippen LogP contribution >= 0.6 is 11.3 Å². The third kappa shape index (κ3) is 4.14. The fourth-order valence-corrected chi connectivity index (χ4v) is 4.85. The van der Waals surface area contributed by atoms with Gasteiger partial charge >= 0.3 is 0 Å². The standard InChI is InChI=1S/C23H23FN2OS/c1-16-22(28-21(25-16)15-17-7-9-20(24)10-8-17)23(27)26-13-11-19(12-14-26)18-5-3-2-4-6-18/h2-10,19H,11-15H2,1H3. The van der Waals surface area contributed by atoms with Crippen molar-refractivity contribution in [1.29, 1.82) is 0 Å². The molecule has 1 aromatic heterocycles. The molecule has 2 heterocycles. The molecule has 5 heteroatoms. The van der Waals surface area contributed by atoms with Crippen LogP contribution in [0, 0.1) is 12.7 Å². The van der Waals surface area contributed by atoms with Crippen LogP contribution in [0.4, 0.5) is 4.39 Å². The van der Waals surface area contributed by atoms with Crippen molar-refractivity contribution in [3.8, 4) is 0 Å². The van der Waals surface area contributed by atoms with Gasteiger partial charge in [0.1, 0.15) is 10.7 Å². The van der Waals surface area contributed by atoms with Crippen molar-refractivity contribution in [1.82, 2.24) is 9.88 Å². The highest BCUT2D eigenvalue weighted by Crippen LogP contribution is 2.30. The summed E-state index contributed by atoms with van der Waals surface area (Å²) in [5, 5.41) is 0.895. The molecule has 0 atom stereocenters. The number of piperidine rings is 1. The second kappa shape index (κ2) is 8.23. The van der Waals surface area contributed by atoms with E-state index < -0.39 is 0 Å². The predicted octanol–water partition coefficient (Wildman–Crippen LogP) is 5.20. The lowest BCUT2D eigenvalue weighted by atomic mass is 9.89. The van der Waals surface area contributed by atoms with Gasteiger partial charge in [-0.25, -0.2) is 9.37 Å². The summed E-state index contributed by atoms with van der Waals surface area (Å²) < 4.78 is 13.1. The quantitative estimate of drug-likeness (QED) is 0.609. The Balaban J connectivity index is 1.41. The maximum atomic E-state index is 13.1. The molecule has 0 saturated carbocycles. The summed E-state index contributed by atoms with van der Waals surface area (Å²) in [6.07, 6.45) is 2.61. The third-order valence-corrected chi connectivity index (χ3v) is 6.50. The van der Waals surface area contributed by atoms with Crippen LogP contribution < -0.4 is 0 Å². The highest BCUT2D eigenvalue weighted by molar-refractivity contribution is 7.13. The van der Waals surface area contributed by atoms with Crippen LogP contribution in [0.25, 0.3) is 0 Å². The zero-order chi connectivity index (χ0) is 19.5. The van der Waals surface area contributed by atoms with E-state index >= 15 is 0 Å². The van der Waals surface area contributed by atoms with Gasteiger partial charge in [-0.15, -0.1) is 11.3 Å². The summed E-state index contributed by atoms with van der Waals surface area (Å²) in [4.78, 5) is 20.3. The number of hydrogen-bond donors (Lipinski definition) is 0. The van der Waals surface area contributed by atoms with E-state index in [-0.39, 0.29) is 11.7 Å². The number of benzene rings is 2.